The van der Waals surface area contributed by atoms with Crippen molar-refractivity contribution in [3.63, 3.8) is 0 Å². The van der Waals surface area contributed by atoms with Crippen LogP contribution in [0, 0.1) is 0 Å². The molecule has 0 aromatic carbocycles. The zero-order chi connectivity index (χ0) is 11.3. The molecule has 0 unspecified atom stereocenters. The van der Waals surface area contributed by atoms with Gasteiger partial charge in [-0.25, -0.2) is 0 Å². The van der Waals surface area contributed by atoms with Gasteiger partial charge in [-0.1, -0.05) is 6.42 Å². The Kier molecular flexibility index (Phi) is 4.54. The molecule has 0 radical (unpaired) electrons. The summed E-state index contributed by atoms with van der Waals surface area (Å²) in [5, 5.41) is 6.14. The van der Waals surface area contributed by atoms with Gasteiger partial charge in [0.2, 0.25) is 5.91 Å². The molecule has 0 bridgehead atoms. The average Bonchev–Trinajstić information content (AvgIpc) is 2.27. The van der Waals surface area contributed by atoms with E-state index in [2.05, 4.69) is 10.6 Å². The van der Waals surface area contributed by atoms with Gasteiger partial charge in [0.25, 0.3) is 0 Å². The Hall–Kier alpha value is -0.610. The molecule has 4 nitrogen and oxygen atoms in total. The molecule has 1 aliphatic heterocycles. The van der Waals surface area contributed by atoms with Gasteiger partial charge in [0.15, 0.2) is 0 Å². The van der Waals surface area contributed by atoms with Crippen molar-refractivity contribution in [1.29, 1.82) is 0 Å². The van der Waals surface area contributed by atoms with E-state index in [1.54, 1.807) is 7.11 Å². The number of nitrogens with one attached hydrogen (secondary N) is 2. The van der Waals surface area contributed by atoms with E-state index < -0.39 is 0 Å². The topological polar surface area (TPSA) is 50.4 Å². The standard InChI is InChI=1S/C11H22N2O2/c1-11(2,15-3)8-13-10(14)9-6-4-5-7-12-9/h9,12H,4-8H2,1-3H3,(H,13,14)/t9-/m1/s1. The summed E-state index contributed by atoms with van der Waals surface area (Å²) in [5.74, 6) is 0.0971. The Labute approximate surface area is 91.8 Å². The van der Waals surface area contributed by atoms with Gasteiger partial charge >= 0.3 is 0 Å². The maximum atomic E-state index is 11.7. The zero-order valence-electron chi connectivity index (χ0n) is 9.93. The van der Waals surface area contributed by atoms with Gasteiger partial charge in [-0.3, -0.25) is 4.79 Å². The lowest BCUT2D eigenvalue weighted by Gasteiger charge is -2.26. The van der Waals surface area contributed by atoms with Crippen LogP contribution in [0.4, 0.5) is 0 Å². The molecule has 1 amide bonds. The SMILES string of the molecule is COC(C)(C)CNC(=O)[C@H]1CCCCN1. The van der Waals surface area contributed by atoms with Gasteiger partial charge in [-0.15, -0.1) is 0 Å². The van der Waals surface area contributed by atoms with Crippen molar-refractivity contribution in [3.8, 4) is 0 Å². The van der Waals surface area contributed by atoms with Gasteiger partial charge in [0.1, 0.15) is 0 Å². The van der Waals surface area contributed by atoms with Crippen LogP contribution in [0.25, 0.3) is 0 Å². The van der Waals surface area contributed by atoms with Crippen LogP contribution >= 0.6 is 0 Å². The molecule has 4 heteroatoms. The fourth-order valence-electron chi connectivity index (χ4n) is 1.57. The second kappa shape index (κ2) is 5.47. The van der Waals surface area contributed by atoms with Crippen molar-refractivity contribution in [2.75, 3.05) is 20.2 Å². The number of hydrogen-bond acceptors (Lipinski definition) is 3. The summed E-state index contributed by atoms with van der Waals surface area (Å²) in [4.78, 5) is 11.7. The predicted molar refractivity (Wildman–Crippen MR) is 59.7 cm³/mol. The molecule has 0 aromatic rings. The molecule has 1 saturated heterocycles. The van der Waals surface area contributed by atoms with E-state index in [-0.39, 0.29) is 17.6 Å². The van der Waals surface area contributed by atoms with Crippen molar-refractivity contribution in [3.05, 3.63) is 0 Å². The van der Waals surface area contributed by atoms with Gasteiger partial charge in [0.05, 0.1) is 11.6 Å². The summed E-state index contributed by atoms with van der Waals surface area (Å²) in [7, 11) is 1.66. The largest absolute Gasteiger partial charge is 0.377 e. The summed E-state index contributed by atoms with van der Waals surface area (Å²) in [6.07, 6.45) is 3.26. The van der Waals surface area contributed by atoms with E-state index >= 15 is 0 Å². The Balaban J connectivity index is 2.28. The quantitative estimate of drug-likeness (QED) is 0.723. The van der Waals surface area contributed by atoms with Crippen LogP contribution in [0.2, 0.25) is 0 Å². The first-order chi connectivity index (χ1) is 7.05. The third-order valence-corrected chi connectivity index (χ3v) is 2.87. The fourth-order valence-corrected chi connectivity index (χ4v) is 1.57. The van der Waals surface area contributed by atoms with Crippen LogP contribution in [0.3, 0.4) is 0 Å². The zero-order valence-corrected chi connectivity index (χ0v) is 9.93. The van der Waals surface area contributed by atoms with Crippen molar-refractivity contribution in [1.82, 2.24) is 10.6 Å². The van der Waals surface area contributed by atoms with Crippen molar-refractivity contribution < 1.29 is 9.53 Å². The first-order valence-corrected chi connectivity index (χ1v) is 5.61. The highest BCUT2D eigenvalue weighted by molar-refractivity contribution is 5.81. The van der Waals surface area contributed by atoms with Crippen molar-refractivity contribution in [2.45, 2.75) is 44.8 Å². The molecule has 0 spiro atoms. The van der Waals surface area contributed by atoms with Gasteiger partial charge in [-0.05, 0) is 33.2 Å². The van der Waals surface area contributed by atoms with Gasteiger partial charge in [-0.2, -0.15) is 0 Å². The predicted octanol–water partition coefficient (Wildman–Crippen LogP) is 0.670. The van der Waals surface area contributed by atoms with E-state index in [4.69, 9.17) is 4.74 Å². The number of methoxy groups -OCH3 is 1. The third kappa shape index (κ3) is 4.18. The summed E-state index contributed by atoms with van der Waals surface area (Å²) < 4.78 is 5.24. The van der Waals surface area contributed by atoms with Gasteiger partial charge < -0.3 is 15.4 Å². The number of carbonyl (C=O) groups is 1. The maximum absolute atomic E-state index is 11.7. The van der Waals surface area contributed by atoms with Gasteiger partial charge in [0, 0.05) is 13.7 Å². The minimum Gasteiger partial charge on any atom is -0.377 e. The summed E-state index contributed by atoms with van der Waals surface area (Å²) in [5.41, 5.74) is -0.287. The molecule has 2 N–H and O–H groups in total. The highest BCUT2D eigenvalue weighted by Gasteiger charge is 2.23. The number of hydrogen-bond donors (Lipinski definition) is 2. The lowest BCUT2D eigenvalue weighted by Crippen LogP contribution is -2.50. The maximum Gasteiger partial charge on any atom is 0.237 e. The number of carbonyl (C=O) groups excluding carboxylic acids is 1. The van der Waals surface area contributed by atoms with Crippen LogP contribution in [0.5, 0.6) is 0 Å². The summed E-state index contributed by atoms with van der Waals surface area (Å²) in [6.45, 7) is 5.43. The second-order valence-corrected chi connectivity index (χ2v) is 4.68. The normalized spacial score (nSPS) is 22.5. The monoisotopic (exact) mass is 214 g/mol. The van der Waals surface area contributed by atoms with Crippen LogP contribution in [0.15, 0.2) is 0 Å². The molecule has 15 heavy (non-hydrogen) atoms. The molecule has 1 rings (SSSR count). The molecular formula is C11H22N2O2. The minimum atomic E-state index is -0.287. The molecule has 88 valence electrons. The lowest BCUT2D eigenvalue weighted by molar-refractivity contribution is -0.124. The Morgan fingerprint density at radius 3 is 2.80 bits per heavy atom. The minimum absolute atomic E-state index is 0.00796. The van der Waals surface area contributed by atoms with E-state index in [1.165, 1.54) is 6.42 Å². The molecular weight excluding hydrogens is 192 g/mol. The van der Waals surface area contributed by atoms with E-state index in [9.17, 15) is 4.79 Å². The first kappa shape index (κ1) is 12.5. The summed E-state index contributed by atoms with van der Waals surface area (Å²) >= 11 is 0. The number of ether oxygens (including phenoxy) is 1. The van der Waals surface area contributed by atoms with E-state index in [0.29, 0.717) is 6.54 Å². The van der Waals surface area contributed by atoms with Crippen LogP contribution in [-0.4, -0.2) is 37.7 Å². The summed E-state index contributed by atoms with van der Waals surface area (Å²) in [6, 6.07) is -0.00796. The molecule has 1 fully saturated rings. The third-order valence-electron chi connectivity index (χ3n) is 2.87. The number of amides is 1. The highest BCUT2D eigenvalue weighted by atomic mass is 16.5. The Morgan fingerprint density at radius 2 is 2.27 bits per heavy atom. The van der Waals surface area contributed by atoms with E-state index in [1.807, 2.05) is 13.8 Å². The van der Waals surface area contributed by atoms with Crippen LogP contribution in [0.1, 0.15) is 33.1 Å². The molecule has 0 aromatic heterocycles. The van der Waals surface area contributed by atoms with E-state index in [0.717, 1.165) is 19.4 Å². The van der Waals surface area contributed by atoms with Crippen LogP contribution in [-0.2, 0) is 9.53 Å². The molecule has 1 heterocycles. The molecule has 1 aliphatic rings. The van der Waals surface area contributed by atoms with Crippen molar-refractivity contribution in [2.24, 2.45) is 0 Å². The average molecular weight is 214 g/mol. The Morgan fingerprint density at radius 1 is 1.53 bits per heavy atom. The van der Waals surface area contributed by atoms with Crippen LogP contribution < -0.4 is 10.6 Å². The van der Waals surface area contributed by atoms with Crippen molar-refractivity contribution >= 4 is 5.91 Å². The molecule has 0 saturated carbocycles. The second-order valence-electron chi connectivity index (χ2n) is 4.68. The smallest absolute Gasteiger partial charge is 0.237 e. The highest BCUT2D eigenvalue weighted by Crippen LogP contribution is 2.08. The number of rotatable bonds is 4. The Bertz CT molecular complexity index is 211. The number of piperidine rings is 1. The first-order valence-electron chi connectivity index (χ1n) is 5.61. The lowest BCUT2D eigenvalue weighted by atomic mass is 10.0. The fraction of sp³-hybridized carbons (Fsp3) is 0.909. The molecule has 1 atom stereocenters. The molecule has 0 aliphatic carbocycles.